The van der Waals surface area contributed by atoms with E-state index < -0.39 is 23.0 Å². The third-order valence-electron chi connectivity index (χ3n) is 2.44. The molecule has 0 bridgehead atoms. The second-order valence-corrected chi connectivity index (χ2v) is 4.58. The summed E-state index contributed by atoms with van der Waals surface area (Å²) in [5.41, 5.74) is -0.856. The van der Waals surface area contributed by atoms with Gasteiger partial charge in [0.25, 0.3) is 5.56 Å². The summed E-state index contributed by atoms with van der Waals surface area (Å²) in [6.45, 7) is -0.0716. The minimum Gasteiger partial charge on any atom is -0.501 e. The van der Waals surface area contributed by atoms with Crippen LogP contribution in [0.1, 0.15) is 16.1 Å². The molecule has 2 aromatic heterocycles. The number of aromatic hydroxyl groups is 1. The summed E-state index contributed by atoms with van der Waals surface area (Å²) < 4.78 is 0. The van der Waals surface area contributed by atoms with Crippen LogP contribution in [-0.2, 0) is 6.42 Å². The molecule has 2 heterocycles. The van der Waals surface area contributed by atoms with E-state index in [2.05, 4.69) is 9.97 Å². The Balaban J connectivity index is 2.60. The van der Waals surface area contributed by atoms with Crippen molar-refractivity contribution in [1.29, 1.82) is 0 Å². The largest absolute Gasteiger partial charge is 0.501 e. The number of rotatable bonds is 4. The number of H-pyrrole nitrogens is 1. The van der Waals surface area contributed by atoms with Crippen molar-refractivity contribution < 1.29 is 20.1 Å². The van der Waals surface area contributed by atoms with Crippen molar-refractivity contribution in [2.45, 2.75) is 6.42 Å². The van der Waals surface area contributed by atoms with Crippen LogP contribution in [-0.4, -0.2) is 37.9 Å². The molecule has 7 nitrogen and oxygen atoms in total. The van der Waals surface area contributed by atoms with Gasteiger partial charge in [-0.2, -0.15) is 0 Å². The van der Waals surface area contributed by atoms with Crippen molar-refractivity contribution in [1.82, 2.24) is 9.97 Å². The lowest BCUT2D eigenvalue weighted by Gasteiger charge is -2.04. The summed E-state index contributed by atoms with van der Waals surface area (Å²) in [6, 6.07) is 1.75. The number of nitrogens with one attached hydrogen (secondary N) is 1. The Labute approximate surface area is 110 Å². The van der Waals surface area contributed by atoms with Gasteiger partial charge in [0, 0.05) is 6.61 Å². The zero-order valence-corrected chi connectivity index (χ0v) is 10.4. The SMILES string of the molecule is O=C(O)c1nc(-c2sccc2CCO)[nH]c(=O)c1O. The topological polar surface area (TPSA) is 124 Å². The Kier molecular flexibility index (Phi) is 3.63. The second-order valence-electron chi connectivity index (χ2n) is 3.67. The molecule has 0 aromatic carbocycles. The minimum atomic E-state index is -1.48. The number of nitrogens with zero attached hydrogens (tertiary/aromatic N) is 1. The van der Waals surface area contributed by atoms with E-state index in [9.17, 15) is 14.7 Å². The summed E-state index contributed by atoms with van der Waals surface area (Å²) in [5, 5.41) is 28.9. The molecule has 0 unspecified atom stereocenters. The number of carboxylic acid groups (broad SMARTS) is 1. The van der Waals surface area contributed by atoms with Gasteiger partial charge in [-0.25, -0.2) is 9.78 Å². The molecule has 2 rings (SSSR count). The van der Waals surface area contributed by atoms with Gasteiger partial charge in [0.15, 0.2) is 11.5 Å². The molecule has 100 valence electrons. The monoisotopic (exact) mass is 282 g/mol. The van der Waals surface area contributed by atoms with Gasteiger partial charge in [0.2, 0.25) is 5.75 Å². The van der Waals surface area contributed by atoms with E-state index in [1.807, 2.05) is 0 Å². The molecule has 2 aromatic rings. The van der Waals surface area contributed by atoms with E-state index in [1.54, 1.807) is 11.4 Å². The average molecular weight is 282 g/mol. The van der Waals surface area contributed by atoms with Gasteiger partial charge in [0.05, 0.1) is 4.88 Å². The number of aromatic nitrogens is 2. The first-order valence-corrected chi connectivity index (χ1v) is 6.16. The first-order chi connectivity index (χ1) is 9.04. The van der Waals surface area contributed by atoms with Crippen molar-refractivity contribution >= 4 is 17.3 Å². The number of aromatic carboxylic acids is 1. The molecule has 0 saturated carbocycles. The second kappa shape index (κ2) is 5.21. The maximum Gasteiger partial charge on any atom is 0.358 e. The van der Waals surface area contributed by atoms with Crippen molar-refractivity contribution in [3.8, 4) is 16.5 Å². The van der Waals surface area contributed by atoms with E-state index in [1.165, 1.54) is 11.3 Å². The van der Waals surface area contributed by atoms with E-state index in [0.29, 0.717) is 11.3 Å². The summed E-state index contributed by atoms with van der Waals surface area (Å²) in [7, 11) is 0. The Morgan fingerprint density at radius 2 is 2.21 bits per heavy atom. The molecule has 0 spiro atoms. The molecular formula is C11H10N2O5S. The van der Waals surface area contributed by atoms with Crippen LogP contribution in [0.4, 0.5) is 0 Å². The van der Waals surface area contributed by atoms with Crippen molar-refractivity contribution in [3.63, 3.8) is 0 Å². The molecule has 0 aliphatic carbocycles. The molecule has 4 N–H and O–H groups in total. The van der Waals surface area contributed by atoms with Gasteiger partial charge in [-0.05, 0) is 23.4 Å². The summed E-state index contributed by atoms with van der Waals surface area (Å²) >= 11 is 1.26. The highest BCUT2D eigenvalue weighted by Gasteiger charge is 2.19. The van der Waals surface area contributed by atoms with Crippen LogP contribution in [0.25, 0.3) is 10.7 Å². The molecule has 0 fully saturated rings. The van der Waals surface area contributed by atoms with Crippen LogP contribution in [0, 0.1) is 0 Å². The molecule has 0 aliphatic heterocycles. The lowest BCUT2D eigenvalue weighted by atomic mass is 10.2. The Bertz CT molecular complexity index is 676. The molecule has 0 amide bonds. The molecule has 0 radical (unpaired) electrons. The number of carboxylic acids is 1. The van der Waals surface area contributed by atoms with Crippen molar-refractivity contribution in [2.24, 2.45) is 0 Å². The molecule has 19 heavy (non-hydrogen) atoms. The van der Waals surface area contributed by atoms with Crippen molar-refractivity contribution in [3.05, 3.63) is 33.1 Å². The van der Waals surface area contributed by atoms with E-state index >= 15 is 0 Å². The highest BCUT2D eigenvalue weighted by Crippen LogP contribution is 2.27. The molecule has 0 saturated heterocycles. The lowest BCUT2D eigenvalue weighted by Crippen LogP contribution is -2.15. The van der Waals surface area contributed by atoms with Crippen LogP contribution in [0.5, 0.6) is 5.75 Å². The fraction of sp³-hybridized carbons (Fsp3) is 0.182. The number of aliphatic hydroxyl groups excluding tert-OH is 1. The zero-order valence-electron chi connectivity index (χ0n) is 9.58. The number of hydrogen-bond donors (Lipinski definition) is 4. The first kappa shape index (κ1) is 13.2. The molecule has 8 heteroatoms. The summed E-state index contributed by atoms with van der Waals surface area (Å²) in [6.07, 6.45) is 0.367. The van der Waals surface area contributed by atoms with Crippen LogP contribution in [0.3, 0.4) is 0 Å². The van der Waals surface area contributed by atoms with Gasteiger partial charge < -0.3 is 20.3 Å². The van der Waals surface area contributed by atoms with Gasteiger partial charge in [-0.1, -0.05) is 0 Å². The first-order valence-electron chi connectivity index (χ1n) is 5.28. The lowest BCUT2D eigenvalue weighted by molar-refractivity contribution is 0.0686. The van der Waals surface area contributed by atoms with Crippen molar-refractivity contribution in [2.75, 3.05) is 6.61 Å². The minimum absolute atomic E-state index is 0.0682. The highest BCUT2D eigenvalue weighted by molar-refractivity contribution is 7.13. The van der Waals surface area contributed by atoms with E-state index in [4.69, 9.17) is 10.2 Å². The fourth-order valence-corrected chi connectivity index (χ4v) is 2.48. The van der Waals surface area contributed by atoms with Gasteiger partial charge in [-0.15, -0.1) is 11.3 Å². The summed E-state index contributed by atoms with van der Waals surface area (Å²) in [4.78, 5) is 29.0. The molecule has 0 atom stereocenters. The van der Waals surface area contributed by atoms with Gasteiger partial charge >= 0.3 is 5.97 Å². The van der Waals surface area contributed by atoms with Gasteiger partial charge in [-0.3, -0.25) is 4.79 Å². The number of hydrogen-bond acceptors (Lipinski definition) is 6. The number of aliphatic hydroxyl groups is 1. The Hall–Kier alpha value is -2.19. The standard InChI is InChI=1S/C11H10N2O5S/c14-3-1-5-2-4-19-8(5)9-12-6(11(17)18)7(15)10(16)13-9/h2,4,14-15H,1,3H2,(H,17,18)(H,12,13,16). The third kappa shape index (κ3) is 2.49. The zero-order chi connectivity index (χ0) is 14.0. The van der Waals surface area contributed by atoms with Crippen LogP contribution in [0.15, 0.2) is 16.2 Å². The van der Waals surface area contributed by atoms with Crippen LogP contribution in [0.2, 0.25) is 0 Å². The molecular weight excluding hydrogens is 272 g/mol. The maximum absolute atomic E-state index is 11.5. The predicted molar refractivity (Wildman–Crippen MR) is 67.6 cm³/mol. The number of aromatic amines is 1. The van der Waals surface area contributed by atoms with E-state index in [0.717, 1.165) is 5.56 Å². The number of thiophene rings is 1. The average Bonchev–Trinajstić information content (AvgIpc) is 2.81. The predicted octanol–water partition coefficient (Wildman–Crippen LogP) is 0.437. The summed E-state index contributed by atoms with van der Waals surface area (Å²) in [5.74, 6) is -2.33. The fourth-order valence-electron chi connectivity index (χ4n) is 1.58. The smallest absolute Gasteiger partial charge is 0.358 e. The number of carbonyl (C=O) groups is 1. The third-order valence-corrected chi connectivity index (χ3v) is 3.40. The van der Waals surface area contributed by atoms with Crippen LogP contribution >= 0.6 is 11.3 Å². The quantitative estimate of drug-likeness (QED) is 0.645. The normalized spacial score (nSPS) is 10.6. The van der Waals surface area contributed by atoms with E-state index in [-0.39, 0.29) is 12.4 Å². The highest BCUT2D eigenvalue weighted by atomic mass is 32.1. The molecule has 0 aliphatic rings. The Morgan fingerprint density at radius 1 is 1.47 bits per heavy atom. The Morgan fingerprint density at radius 3 is 2.84 bits per heavy atom. The van der Waals surface area contributed by atoms with Crippen LogP contribution < -0.4 is 5.56 Å². The maximum atomic E-state index is 11.5. The van der Waals surface area contributed by atoms with Gasteiger partial charge in [0.1, 0.15) is 0 Å².